The van der Waals surface area contributed by atoms with Gasteiger partial charge in [-0.15, -0.1) is 0 Å². The number of amides is 1. The van der Waals surface area contributed by atoms with Gasteiger partial charge in [-0.1, -0.05) is 72.7 Å². The third kappa shape index (κ3) is 6.12. The summed E-state index contributed by atoms with van der Waals surface area (Å²) < 4.78 is 5.79. The SMILES string of the molecule is CCOc1ccc(/C(O)=C2/C(=O)C(=O)N(CCN(CC)CC)C2c2ccc(C(C)(C)C)cc2)cc1C(C)C. The Bertz CT molecular complexity index is 1170. The number of nitrogens with zero attached hydrogens (tertiary/aromatic N) is 2. The zero-order valence-corrected chi connectivity index (χ0v) is 24.3. The summed E-state index contributed by atoms with van der Waals surface area (Å²) in [6.45, 7) is 20.0. The van der Waals surface area contributed by atoms with Crippen LogP contribution in [0.25, 0.3) is 5.76 Å². The average Bonchev–Trinajstić information content (AvgIpc) is 3.13. The van der Waals surface area contributed by atoms with Gasteiger partial charge in [0.15, 0.2) is 0 Å². The summed E-state index contributed by atoms with van der Waals surface area (Å²) in [7, 11) is 0. The van der Waals surface area contributed by atoms with Crippen LogP contribution in [-0.2, 0) is 15.0 Å². The molecule has 1 N–H and O–H groups in total. The van der Waals surface area contributed by atoms with Gasteiger partial charge in [0.25, 0.3) is 11.7 Å². The molecule has 1 aliphatic rings. The van der Waals surface area contributed by atoms with Crippen molar-refractivity contribution in [2.45, 2.75) is 72.8 Å². The molecule has 0 saturated carbocycles. The van der Waals surface area contributed by atoms with Gasteiger partial charge >= 0.3 is 0 Å². The van der Waals surface area contributed by atoms with Gasteiger partial charge in [-0.2, -0.15) is 0 Å². The van der Waals surface area contributed by atoms with E-state index in [1.807, 2.05) is 43.3 Å². The minimum absolute atomic E-state index is 0.0291. The Balaban J connectivity index is 2.16. The largest absolute Gasteiger partial charge is 0.507 e. The summed E-state index contributed by atoms with van der Waals surface area (Å²) in [5, 5.41) is 11.6. The van der Waals surface area contributed by atoms with E-state index in [9.17, 15) is 14.7 Å². The van der Waals surface area contributed by atoms with Crippen molar-refractivity contribution < 1.29 is 19.4 Å². The summed E-state index contributed by atoms with van der Waals surface area (Å²) in [6, 6.07) is 12.9. The molecular weight excluding hydrogens is 476 g/mol. The number of likely N-dealkylation sites (tertiary alicyclic amines) is 1. The first kappa shape index (κ1) is 29.4. The number of carbonyl (C=O) groups excluding carboxylic acids is 2. The Labute approximate surface area is 228 Å². The first-order valence-corrected chi connectivity index (χ1v) is 13.8. The number of rotatable bonds is 10. The van der Waals surface area contributed by atoms with E-state index in [2.05, 4.69) is 53.4 Å². The van der Waals surface area contributed by atoms with E-state index in [1.165, 1.54) is 0 Å². The molecule has 2 aromatic carbocycles. The Kier molecular flexibility index (Phi) is 9.42. The number of carbonyl (C=O) groups is 2. The van der Waals surface area contributed by atoms with E-state index in [4.69, 9.17) is 4.74 Å². The second kappa shape index (κ2) is 12.2. The van der Waals surface area contributed by atoms with E-state index in [0.717, 1.165) is 35.5 Å². The van der Waals surface area contributed by atoms with Crippen molar-refractivity contribution in [3.05, 3.63) is 70.3 Å². The van der Waals surface area contributed by atoms with Gasteiger partial charge in [0.05, 0.1) is 18.2 Å². The Morgan fingerprint density at radius 3 is 2.18 bits per heavy atom. The fourth-order valence-corrected chi connectivity index (χ4v) is 5.00. The van der Waals surface area contributed by atoms with Crippen LogP contribution in [0.4, 0.5) is 0 Å². The second-order valence-electron chi connectivity index (χ2n) is 11.2. The number of aliphatic hydroxyl groups excluding tert-OH is 1. The van der Waals surface area contributed by atoms with Crippen LogP contribution in [-0.4, -0.2) is 59.4 Å². The first-order chi connectivity index (χ1) is 17.9. The van der Waals surface area contributed by atoms with Crippen molar-refractivity contribution in [2.24, 2.45) is 0 Å². The minimum Gasteiger partial charge on any atom is -0.507 e. The van der Waals surface area contributed by atoms with Crippen LogP contribution in [0.2, 0.25) is 0 Å². The minimum atomic E-state index is -0.659. The number of Topliss-reactive ketones (excluding diaryl/α,β-unsaturated/α-hetero) is 1. The number of ketones is 1. The van der Waals surface area contributed by atoms with Crippen molar-refractivity contribution in [3.63, 3.8) is 0 Å². The predicted octanol–water partition coefficient (Wildman–Crippen LogP) is 6.27. The molecule has 6 heteroatoms. The van der Waals surface area contributed by atoms with Crippen LogP contribution in [0.3, 0.4) is 0 Å². The molecule has 38 heavy (non-hydrogen) atoms. The van der Waals surface area contributed by atoms with Gasteiger partial charge < -0.3 is 19.6 Å². The third-order valence-corrected chi connectivity index (χ3v) is 7.39. The highest BCUT2D eigenvalue weighted by atomic mass is 16.5. The number of ether oxygens (including phenoxy) is 1. The normalized spacial score (nSPS) is 17.6. The lowest BCUT2D eigenvalue weighted by Crippen LogP contribution is -2.38. The summed E-state index contributed by atoms with van der Waals surface area (Å²) in [4.78, 5) is 30.7. The summed E-state index contributed by atoms with van der Waals surface area (Å²) >= 11 is 0. The molecule has 206 valence electrons. The smallest absolute Gasteiger partial charge is 0.295 e. The molecule has 6 nitrogen and oxygen atoms in total. The molecule has 1 amide bonds. The standard InChI is InChI=1S/C32H44N2O4/c1-9-33(10-2)18-19-34-28(22-12-15-24(16-13-22)32(6,7)8)27(30(36)31(34)37)29(35)23-14-17-26(38-11-3)25(20-23)21(4)5/h12-17,20-21,28,35H,9-11,18-19H2,1-8H3/b29-27-. The average molecular weight is 521 g/mol. The lowest BCUT2D eigenvalue weighted by molar-refractivity contribution is -0.140. The molecular formula is C32H44N2O4. The van der Waals surface area contributed by atoms with Crippen molar-refractivity contribution in [1.82, 2.24) is 9.80 Å². The first-order valence-electron chi connectivity index (χ1n) is 13.8. The highest BCUT2D eigenvalue weighted by Crippen LogP contribution is 2.41. The van der Waals surface area contributed by atoms with E-state index >= 15 is 0 Å². The Morgan fingerprint density at radius 1 is 1.03 bits per heavy atom. The van der Waals surface area contributed by atoms with Gasteiger partial charge in [-0.3, -0.25) is 9.59 Å². The summed E-state index contributed by atoms with van der Waals surface area (Å²) in [6.07, 6.45) is 0. The monoisotopic (exact) mass is 520 g/mol. The summed E-state index contributed by atoms with van der Waals surface area (Å²) in [5.41, 5.74) is 3.53. The van der Waals surface area contributed by atoms with Crippen molar-refractivity contribution >= 4 is 17.4 Å². The number of aliphatic hydroxyl groups is 1. The van der Waals surface area contributed by atoms with Crippen LogP contribution < -0.4 is 4.74 Å². The van der Waals surface area contributed by atoms with Gasteiger partial charge in [0.2, 0.25) is 0 Å². The molecule has 3 rings (SSSR count). The van der Waals surface area contributed by atoms with Gasteiger partial charge in [-0.05, 0) is 66.2 Å². The molecule has 1 heterocycles. The van der Waals surface area contributed by atoms with Crippen LogP contribution in [0, 0.1) is 0 Å². The molecule has 1 aliphatic heterocycles. The van der Waals surface area contributed by atoms with Gasteiger partial charge in [0.1, 0.15) is 11.5 Å². The topological polar surface area (TPSA) is 70.1 Å². The number of hydrogen-bond donors (Lipinski definition) is 1. The van der Waals surface area contributed by atoms with Crippen LogP contribution in [0.1, 0.15) is 89.6 Å². The number of likely N-dealkylation sites (N-methyl/N-ethyl adjacent to an activating group) is 1. The molecule has 2 aromatic rings. The maximum atomic E-state index is 13.5. The quantitative estimate of drug-likeness (QED) is 0.227. The molecule has 0 aliphatic carbocycles. The van der Waals surface area contributed by atoms with Crippen LogP contribution >= 0.6 is 0 Å². The molecule has 1 saturated heterocycles. The fraction of sp³-hybridized carbons (Fsp3) is 0.500. The van der Waals surface area contributed by atoms with E-state index in [-0.39, 0.29) is 22.7 Å². The highest BCUT2D eigenvalue weighted by Gasteiger charge is 2.46. The highest BCUT2D eigenvalue weighted by molar-refractivity contribution is 6.46. The molecule has 1 fully saturated rings. The van der Waals surface area contributed by atoms with E-state index < -0.39 is 17.7 Å². The molecule has 0 spiro atoms. The van der Waals surface area contributed by atoms with Crippen molar-refractivity contribution in [3.8, 4) is 5.75 Å². The lowest BCUT2D eigenvalue weighted by Gasteiger charge is -2.29. The summed E-state index contributed by atoms with van der Waals surface area (Å²) in [5.74, 6) is -0.455. The second-order valence-corrected chi connectivity index (χ2v) is 11.2. The predicted molar refractivity (Wildman–Crippen MR) is 154 cm³/mol. The van der Waals surface area contributed by atoms with Crippen molar-refractivity contribution in [2.75, 3.05) is 32.8 Å². The number of hydrogen-bond acceptors (Lipinski definition) is 5. The zero-order chi connectivity index (χ0) is 28.2. The Hall–Kier alpha value is -3.12. The Morgan fingerprint density at radius 2 is 1.66 bits per heavy atom. The van der Waals surface area contributed by atoms with Gasteiger partial charge in [-0.25, -0.2) is 0 Å². The zero-order valence-electron chi connectivity index (χ0n) is 24.3. The van der Waals surface area contributed by atoms with Gasteiger partial charge in [0, 0.05) is 18.7 Å². The van der Waals surface area contributed by atoms with Crippen LogP contribution in [0.15, 0.2) is 48.0 Å². The maximum Gasteiger partial charge on any atom is 0.295 e. The van der Waals surface area contributed by atoms with Crippen molar-refractivity contribution in [1.29, 1.82) is 0 Å². The fourth-order valence-electron chi connectivity index (χ4n) is 5.00. The number of benzene rings is 2. The molecule has 0 aromatic heterocycles. The van der Waals surface area contributed by atoms with Crippen LogP contribution in [0.5, 0.6) is 5.75 Å². The van der Waals surface area contributed by atoms with E-state index in [0.29, 0.717) is 25.3 Å². The third-order valence-electron chi connectivity index (χ3n) is 7.39. The molecule has 1 atom stereocenters. The molecule has 1 unspecified atom stereocenters. The maximum absolute atomic E-state index is 13.5. The molecule has 0 radical (unpaired) electrons. The molecule has 0 bridgehead atoms. The van der Waals surface area contributed by atoms with E-state index in [1.54, 1.807) is 11.0 Å². The lowest BCUT2D eigenvalue weighted by atomic mass is 9.85.